The first kappa shape index (κ1) is 29.6. The molecule has 0 fully saturated rings. The number of ether oxygens (including phenoxy) is 4. The van der Waals surface area contributed by atoms with Gasteiger partial charge in [0.2, 0.25) is 0 Å². The summed E-state index contributed by atoms with van der Waals surface area (Å²) in [6, 6.07) is 10.9. The maximum absolute atomic E-state index is 5.69. The zero-order chi connectivity index (χ0) is 27.5. The number of methoxy groups -OCH3 is 4. The van der Waals surface area contributed by atoms with Crippen LogP contribution in [0.15, 0.2) is 46.4 Å². The number of rotatable bonds is 8. The number of amidine groups is 2. The Kier molecular flexibility index (Phi) is 11.3. The molecule has 0 spiro atoms. The first-order valence-corrected chi connectivity index (χ1v) is 12.0. The number of benzene rings is 2. The van der Waals surface area contributed by atoms with E-state index in [0.29, 0.717) is 62.2 Å². The number of hydrogen-bond acceptors (Lipinski definition) is 8. The third kappa shape index (κ3) is 7.67. The average molecular weight is 547 g/mol. The molecule has 37 heavy (non-hydrogen) atoms. The van der Waals surface area contributed by atoms with Gasteiger partial charge in [0.25, 0.3) is 0 Å². The molecule has 2 N–H and O–H groups in total. The first-order chi connectivity index (χ1) is 17.7. The lowest BCUT2D eigenvalue weighted by molar-refractivity contribution is 0.399. The van der Waals surface area contributed by atoms with E-state index in [4.69, 9.17) is 43.4 Å². The molecule has 12 heteroatoms. The maximum Gasteiger partial charge on any atom is 0.131 e. The molecule has 2 aromatic carbocycles. The first-order valence-electron chi connectivity index (χ1n) is 11.2. The Morgan fingerprint density at radius 3 is 1.38 bits per heavy atom. The minimum absolute atomic E-state index is 0.359. The van der Waals surface area contributed by atoms with Crippen LogP contribution >= 0.6 is 24.4 Å². The molecule has 0 aliphatic rings. The Balaban J connectivity index is 2.12. The number of aliphatic imine (C=N–C) groups is 2. The van der Waals surface area contributed by atoms with E-state index < -0.39 is 0 Å². The summed E-state index contributed by atoms with van der Waals surface area (Å²) < 4.78 is 21.6. The number of nitrogens with zero attached hydrogens (tertiary/aromatic N) is 4. The van der Waals surface area contributed by atoms with Crippen LogP contribution in [0.5, 0.6) is 23.0 Å². The highest BCUT2D eigenvalue weighted by atomic mass is 32.1. The van der Waals surface area contributed by atoms with Crippen molar-refractivity contribution < 1.29 is 18.9 Å². The Hall–Kier alpha value is -3.64. The Labute approximate surface area is 229 Å². The van der Waals surface area contributed by atoms with Gasteiger partial charge in [0.15, 0.2) is 0 Å². The van der Waals surface area contributed by atoms with Crippen molar-refractivity contribution in [1.29, 1.82) is 0 Å². The monoisotopic (exact) mass is 546 g/mol. The number of hydrazine groups is 2. The van der Waals surface area contributed by atoms with E-state index in [1.165, 1.54) is 0 Å². The fraction of sp³-hybridized carbons (Fsp3) is 0.360. The lowest BCUT2D eigenvalue weighted by atomic mass is 10.2. The summed E-state index contributed by atoms with van der Waals surface area (Å²) >= 11 is 11.4. The van der Waals surface area contributed by atoms with E-state index in [1.807, 2.05) is 36.4 Å². The minimum Gasteiger partial charge on any atom is -0.497 e. The average Bonchev–Trinajstić information content (AvgIpc) is 2.94. The molecule has 0 saturated heterocycles. The van der Waals surface area contributed by atoms with Gasteiger partial charge in [0.1, 0.15) is 44.6 Å². The molecule has 0 heterocycles. The summed E-state index contributed by atoms with van der Waals surface area (Å²) in [5.41, 5.74) is 7.87. The predicted molar refractivity (Wildman–Crippen MR) is 156 cm³/mol. The van der Waals surface area contributed by atoms with Gasteiger partial charge in [-0.1, -0.05) is 24.4 Å². The summed E-state index contributed by atoms with van der Waals surface area (Å²) in [5, 5.41) is 3.38. The van der Waals surface area contributed by atoms with E-state index in [9.17, 15) is 0 Å². The van der Waals surface area contributed by atoms with Crippen molar-refractivity contribution in [2.45, 2.75) is 6.42 Å². The van der Waals surface area contributed by atoms with Gasteiger partial charge < -0.3 is 18.9 Å². The highest BCUT2D eigenvalue weighted by Gasteiger charge is 2.18. The fourth-order valence-corrected chi connectivity index (χ4v) is 3.72. The molecule has 0 radical (unpaired) electrons. The molecule has 0 saturated carbocycles. The molecule has 0 aromatic heterocycles. The van der Waals surface area contributed by atoms with Crippen molar-refractivity contribution in [2.75, 3.05) is 56.6 Å². The van der Waals surface area contributed by atoms with Gasteiger partial charge in [-0.05, 0) is 36.4 Å². The third-order valence-corrected chi connectivity index (χ3v) is 6.34. The van der Waals surface area contributed by atoms with Crippen LogP contribution < -0.4 is 29.8 Å². The summed E-state index contributed by atoms with van der Waals surface area (Å²) in [5.74, 6) is 3.86. The number of nitrogens with one attached hydrogen (secondary N) is 2. The second-order valence-corrected chi connectivity index (χ2v) is 8.38. The van der Waals surface area contributed by atoms with Gasteiger partial charge in [0.05, 0.1) is 46.0 Å². The molecule has 0 amide bonds. The normalized spacial score (nSPS) is 11.4. The van der Waals surface area contributed by atoms with Crippen molar-refractivity contribution in [3.05, 3.63) is 47.5 Å². The maximum atomic E-state index is 5.69. The molecular formula is C25H34N6O4S2. The second kappa shape index (κ2) is 14.2. The summed E-state index contributed by atoms with van der Waals surface area (Å²) in [4.78, 5) is 9.74. The number of thiocarbonyl (C=S) groups is 2. The van der Waals surface area contributed by atoms with Crippen LogP contribution in [0, 0.1) is 0 Å². The van der Waals surface area contributed by atoms with Crippen LogP contribution in [0.3, 0.4) is 0 Å². The van der Waals surface area contributed by atoms with Crippen LogP contribution in [-0.2, 0) is 0 Å². The molecule has 0 aliphatic carbocycles. The van der Waals surface area contributed by atoms with Gasteiger partial charge in [0, 0.05) is 28.2 Å². The van der Waals surface area contributed by atoms with Gasteiger partial charge in [-0.25, -0.2) is 0 Å². The summed E-state index contributed by atoms with van der Waals surface area (Å²) in [7, 11) is 13.4. The third-order valence-electron chi connectivity index (χ3n) is 5.35. The van der Waals surface area contributed by atoms with Crippen molar-refractivity contribution in [1.82, 2.24) is 20.9 Å². The summed E-state index contributed by atoms with van der Waals surface area (Å²) in [6.07, 6.45) is 0.359. The van der Waals surface area contributed by atoms with E-state index in [1.54, 1.807) is 66.6 Å². The van der Waals surface area contributed by atoms with E-state index in [0.717, 1.165) is 0 Å². The zero-order valence-corrected chi connectivity index (χ0v) is 24.0. The standard InChI is InChI=1S/C25H34N6O4S2/c1-26-22(28-30(3)24(36)18-13-16(32-5)9-11-20(18)34-7)15-23(27-2)29-31(4)25(37)19-14-17(33-6)10-12-21(19)35-8/h9-14H,15H2,1-8H3,(H,26,28)(H,27,29). The van der Waals surface area contributed by atoms with Crippen LogP contribution in [0.4, 0.5) is 0 Å². The molecule has 200 valence electrons. The SMILES string of the molecule is C/N=C(/C/C(=N/C)NN(C)C(=S)c1cc(OC)ccc1OC)NN(C)C(=S)c1cc(OC)ccc1OC. The molecule has 0 atom stereocenters. The Morgan fingerprint density at radius 1 is 0.703 bits per heavy atom. The van der Waals surface area contributed by atoms with Crippen LogP contribution in [0.2, 0.25) is 0 Å². The van der Waals surface area contributed by atoms with E-state index in [-0.39, 0.29) is 0 Å². The van der Waals surface area contributed by atoms with Crippen molar-refractivity contribution >= 4 is 46.1 Å². The molecule has 0 unspecified atom stereocenters. The van der Waals surface area contributed by atoms with E-state index >= 15 is 0 Å². The molecule has 2 aromatic rings. The fourth-order valence-electron chi connectivity index (χ4n) is 3.31. The minimum atomic E-state index is 0.359. The molecular weight excluding hydrogens is 512 g/mol. The van der Waals surface area contributed by atoms with Crippen molar-refractivity contribution in [2.24, 2.45) is 9.98 Å². The molecule has 10 nitrogen and oxygen atoms in total. The van der Waals surface area contributed by atoms with Crippen LogP contribution in [0.1, 0.15) is 17.5 Å². The quantitative estimate of drug-likeness (QED) is 0.223. The van der Waals surface area contributed by atoms with Crippen LogP contribution in [0.25, 0.3) is 0 Å². The number of hydrogen-bond donors (Lipinski definition) is 2. The van der Waals surface area contributed by atoms with Crippen molar-refractivity contribution in [3.63, 3.8) is 0 Å². The highest BCUT2D eigenvalue weighted by molar-refractivity contribution is 7.81. The highest BCUT2D eigenvalue weighted by Crippen LogP contribution is 2.26. The largest absolute Gasteiger partial charge is 0.497 e. The Bertz CT molecular complexity index is 1080. The summed E-state index contributed by atoms with van der Waals surface area (Å²) in [6.45, 7) is 0. The van der Waals surface area contributed by atoms with Gasteiger partial charge in [-0.2, -0.15) is 0 Å². The predicted octanol–water partition coefficient (Wildman–Crippen LogP) is 3.09. The van der Waals surface area contributed by atoms with Crippen LogP contribution in [-0.4, -0.2) is 88.3 Å². The second-order valence-electron chi connectivity index (χ2n) is 7.60. The molecule has 0 bridgehead atoms. The molecule has 2 rings (SSSR count). The smallest absolute Gasteiger partial charge is 0.131 e. The Morgan fingerprint density at radius 2 is 1.08 bits per heavy atom. The van der Waals surface area contributed by atoms with Crippen molar-refractivity contribution in [3.8, 4) is 23.0 Å². The topological polar surface area (TPSA) is 92.2 Å². The lowest BCUT2D eigenvalue weighted by Crippen LogP contribution is -2.47. The lowest BCUT2D eigenvalue weighted by Gasteiger charge is -2.27. The van der Waals surface area contributed by atoms with Gasteiger partial charge in [-0.3, -0.25) is 30.9 Å². The van der Waals surface area contributed by atoms with E-state index in [2.05, 4.69) is 20.8 Å². The zero-order valence-electron chi connectivity index (χ0n) is 22.4. The molecule has 0 aliphatic heterocycles. The van der Waals surface area contributed by atoms with Gasteiger partial charge in [-0.15, -0.1) is 0 Å². The van der Waals surface area contributed by atoms with Gasteiger partial charge >= 0.3 is 0 Å².